The van der Waals surface area contributed by atoms with E-state index in [4.69, 9.17) is 0 Å². The minimum Gasteiger partial charge on any atom is -0.326 e. The van der Waals surface area contributed by atoms with Gasteiger partial charge >= 0.3 is 6.03 Å². The second-order valence-electron chi connectivity index (χ2n) is 6.91. The zero-order valence-electron chi connectivity index (χ0n) is 16.1. The molecule has 3 aromatic rings. The number of carbonyl (C=O) groups excluding carboxylic acids is 3. The first kappa shape index (κ1) is 20.7. The maximum absolute atomic E-state index is 13.3. The van der Waals surface area contributed by atoms with Gasteiger partial charge in [-0.1, -0.05) is 6.07 Å². The Balaban J connectivity index is 1.58. The summed E-state index contributed by atoms with van der Waals surface area (Å²) in [7, 11) is 0. The largest absolute Gasteiger partial charge is 0.332 e. The van der Waals surface area contributed by atoms with Crippen molar-refractivity contribution in [3.63, 3.8) is 0 Å². The van der Waals surface area contributed by atoms with E-state index < -0.39 is 35.5 Å². The lowest BCUT2D eigenvalue weighted by Crippen LogP contribution is -2.37. The van der Waals surface area contributed by atoms with Crippen LogP contribution < -0.4 is 10.2 Å². The second-order valence-corrected chi connectivity index (χ2v) is 7.95. The Bertz CT molecular complexity index is 1100. The molecule has 1 N–H and O–H groups in total. The molecule has 1 fully saturated rings. The number of hydrogen-bond acceptors (Lipinski definition) is 4. The van der Waals surface area contributed by atoms with Crippen molar-refractivity contribution in [2.24, 2.45) is 0 Å². The van der Waals surface area contributed by atoms with Gasteiger partial charge in [-0.3, -0.25) is 9.59 Å². The van der Waals surface area contributed by atoms with Crippen LogP contribution >= 0.6 is 11.3 Å². The van der Waals surface area contributed by atoms with Crippen LogP contribution in [-0.2, 0) is 16.1 Å². The zero-order valence-corrected chi connectivity index (χ0v) is 16.9. The zero-order chi connectivity index (χ0) is 22.0. The van der Waals surface area contributed by atoms with Crippen LogP contribution in [0.4, 0.5) is 25.0 Å². The van der Waals surface area contributed by atoms with Crippen molar-refractivity contribution >= 4 is 40.6 Å². The lowest BCUT2D eigenvalue weighted by atomic mass is 10.1. The molecule has 1 aliphatic heterocycles. The number of halogens is 2. The van der Waals surface area contributed by atoms with E-state index in [1.54, 1.807) is 0 Å². The third-order valence-corrected chi connectivity index (χ3v) is 5.68. The molecule has 2 heterocycles. The van der Waals surface area contributed by atoms with Crippen molar-refractivity contribution in [2.45, 2.75) is 19.0 Å². The summed E-state index contributed by atoms with van der Waals surface area (Å²) in [5.74, 6) is -1.99. The summed E-state index contributed by atoms with van der Waals surface area (Å²) in [6.45, 7) is 0.161. The molecule has 4 rings (SSSR count). The fraction of sp³-hybridized carbons (Fsp3) is 0.136. The Morgan fingerprint density at radius 1 is 0.968 bits per heavy atom. The highest BCUT2D eigenvalue weighted by molar-refractivity contribution is 7.09. The molecule has 1 aliphatic rings. The Morgan fingerprint density at radius 3 is 2.23 bits per heavy atom. The number of nitrogens with one attached hydrogen (secondary N) is 1. The van der Waals surface area contributed by atoms with Crippen LogP contribution in [0.15, 0.2) is 66.0 Å². The van der Waals surface area contributed by atoms with Gasteiger partial charge in [0, 0.05) is 10.6 Å². The van der Waals surface area contributed by atoms with E-state index in [2.05, 4.69) is 5.32 Å². The molecule has 0 radical (unpaired) electrons. The molecule has 9 heteroatoms. The van der Waals surface area contributed by atoms with Gasteiger partial charge in [-0.05, 0) is 60.0 Å². The van der Waals surface area contributed by atoms with Gasteiger partial charge in [0.05, 0.1) is 18.7 Å². The van der Waals surface area contributed by atoms with Crippen LogP contribution in [0, 0.1) is 11.6 Å². The van der Waals surface area contributed by atoms with Crippen LogP contribution in [0.3, 0.4) is 0 Å². The first-order chi connectivity index (χ1) is 14.9. The molecule has 0 bridgehead atoms. The molecule has 158 valence electrons. The summed E-state index contributed by atoms with van der Waals surface area (Å²) in [4.78, 5) is 41.9. The highest BCUT2D eigenvalue weighted by Crippen LogP contribution is 2.29. The molecule has 31 heavy (non-hydrogen) atoms. The number of carbonyl (C=O) groups is 3. The van der Waals surface area contributed by atoms with E-state index >= 15 is 0 Å². The van der Waals surface area contributed by atoms with Crippen molar-refractivity contribution in [1.29, 1.82) is 0 Å². The molecule has 1 aromatic heterocycles. The van der Waals surface area contributed by atoms with Crippen LogP contribution in [0.1, 0.15) is 11.3 Å². The highest BCUT2D eigenvalue weighted by Gasteiger charge is 2.46. The van der Waals surface area contributed by atoms with E-state index in [1.807, 2.05) is 17.5 Å². The van der Waals surface area contributed by atoms with E-state index in [9.17, 15) is 23.2 Å². The minimum atomic E-state index is -1.03. The van der Waals surface area contributed by atoms with Crippen LogP contribution in [0.5, 0.6) is 0 Å². The topological polar surface area (TPSA) is 69.7 Å². The number of thiophene rings is 1. The van der Waals surface area contributed by atoms with Gasteiger partial charge in [0.15, 0.2) is 0 Å². The van der Waals surface area contributed by atoms with Gasteiger partial charge in [0.1, 0.15) is 17.7 Å². The smallest absolute Gasteiger partial charge is 0.326 e. The summed E-state index contributed by atoms with van der Waals surface area (Å²) in [5.41, 5.74) is 0.609. The molecule has 0 saturated carbocycles. The quantitative estimate of drug-likeness (QED) is 0.577. The van der Waals surface area contributed by atoms with Crippen LogP contribution in [-0.4, -0.2) is 28.8 Å². The Kier molecular flexibility index (Phi) is 5.77. The number of hydrogen-bond donors (Lipinski definition) is 1. The van der Waals surface area contributed by atoms with Gasteiger partial charge < -0.3 is 10.2 Å². The van der Waals surface area contributed by atoms with Gasteiger partial charge in [0.25, 0.3) is 5.91 Å². The fourth-order valence-electron chi connectivity index (χ4n) is 3.33. The maximum Gasteiger partial charge on any atom is 0.332 e. The average Bonchev–Trinajstić information content (AvgIpc) is 3.33. The lowest BCUT2D eigenvalue weighted by molar-refractivity contribution is -0.124. The number of benzene rings is 2. The Labute approximate surface area is 180 Å². The monoisotopic (exact) mass is 441 g/mol. The van der Waals surface area contributed by atoms with E-state index in [0.29, 0.717) is 5.69 Å². The molecule has 1 saturated heterocycles. The van der Waals surface area contributed by atoms with Crippen LogP contribution in [0.25, 0.3) is 0 Å². The maximum atomic E-state index is 13.3. The first-order valence-corrected chi connectivity index (χ1v) is 10.3. The summed E-state index contributed by atoms with van der Waals surface area (Å²) < 4.78 is 26.4. The summed E-state index contributed by atoms with van der Waals surface area (Å²) >= 11 is 1.43. The Morgan fingerprint density at radius 2 is 1.61 bits per heavy atom. The van der Waals surface area contributed by atoms with Crippen molar-refractivity contribution in [3.05, 3.63) is 82.6 Å². The number of anilines is 2. The molecule has 6 nitrogen and oxygen atoms in total. The first-order valence-electron chi connectivity index (χ1n) is 9.40. The normalized spacial score (nSPS) is 16.1. The van der Waals surface area contributed by atoms with Crippen LogP contribution in [0.2, 0.25) is 0 Å². The van der Waals surface area contributed by atoms with Gasteiger partial charge in [-0.15, -0.1) is 11.3 Å². The van der Waals surface area contributed by atoms with E-state index in [0.717, 1.165) is 21.9 Å². The molecule has 4 amide bonds. The third-order valence-electron chi connectivity index (χ3n) is 4.82. The standard InChI is InChI=1S/C22H17F2N3O3S/c23-14-3-7-16(8-4-14)25-20(28)12-19-21(29)27(17-9-5-15(24)6-10-17)22(30)26(19)13-18-2-1-11-31-18/h1-11,19H,12-13H2,(H,25,28)/t19-/m1/s1. The molecule has 0 unspecified atom stereocenters. The van der Waals surface area contributed by atoms with Gasteiger partial charge in [-0.25, -0.2) is 18.5 Å². The summed E-state index contributed by atoms with van der Waals surface area (Å²) in [5, 5.41) is 4.46. The summed E-state index contributed by atoms with van der Waals surface area (Å²) in [6, 6.07) is 12.3. The van der Waals surface area contributed by atoms with Crippen molar-refractivity contribution in [2.75, 3.05) is 10.2 Å². The number of imide groups is 1. The number of urea groups is 1. The third kappa shape index (κ3) is 4.46. The van der Waals surface area contributed by atoms with E-state index in [-0.39, 0.29) is 18.7 Å². The summed E-state index contributed by atoms with van der Waals surface area (Å²) in [6.07, 6.45) is -0.273. The average molecular weight is 441 g/mol. The molecular weight excluding hydrogens is 424 g/mol. The van der Waals surface area contributed by atoms with Crippen molar-refractivity contribution in [1.82, 2.24) is 4.90 Å². The highest BCUT2D eigenvalue weighted by atomic mass is 32.1. The molecular formula is C22H17F2N3O3S. The SMILES string of the molecule is O=C(C[C@@H]1C(=O)N(c2ccc(F)cc2)C(=O)N1Cc1cccs1)Nc1ccc(F)cc1. The Hall–Kier alpha value is -3.59. The number of rotatable bonds is 6. The number of nitrogens with zero attached hydrogens (tertiary/aromatic N) is 2. The second kappa shape index (κ2) is 8.65. The molecule has 1 atom stereocenters. The number of amides is 4. The molecule has 2 aromatic carbocycles. The van der Waals surface area contributed by atoms with Gasteiger partial charge in [0.2, 0.25) is 5.91 Å². The molecule has 0 spiro atoms. The van der Waals surface area contributed by atoms with Crippen molar-refractivity contribution in [3.8, 4) is 0 Å². The van der Waals surface area contributed by atoms with Gasteiger partial charge in [-0.2, -0.15) is 0 Å². The lowest BCUT2D eigenvalue weighted by Gasteiger charge is -2.21. The predicted octanol–water partition coefficient (Wildman–Crippen LogP) is 4.39. The fourth-order valence-corrected chi connectivity index (χ4v) is 4.04. The van der Waals surface area contributed by atoms with E-state index in [1.165, 1.54) is 52.6 Å². The van der Waals surface area contributed by atoms with Crippen molar-refractivity contribution < 1.29 is 23.2 Å². The minimum absolute atomic E-state index is 0.161. The molecule has 0 aliphatic carbocycles. The predicted molar refractivity (Wildman–Crippen MR) is 113 cm³/mol.